The van der Waals surface area contributed by atoms with Gasteiger partial charge < -0.3 is 10.1 Å². The largest absolute Gasteiger partial charge is 0.493 e. The molecule has 0 heterocycles. The summed E-state index contributed by atoms with van der Waals surface area (Å²) >= 11 is 6.01. The average molecular weight is 402 g/mol. The van der Waals surface area contributed by atoms with Gasteiger partial charge in [-0.25, -0.2) is 5.43 Å². The summed E-state index contributed by atoms with van der Waals surface area (Å²) in [7, 11) is 0. The third-order valence-corrected chi connectivity index (χ3v) is 4.16. The molecule has 0 saturated carbocycles. The number of amides is 2. The minimum absolute atomic E-state index is 0.118. The van der Waals surface area contributed by atoms with Crippen LogP contribution in [-0.4, -0.2) is 30.7 Å². The van der Waals surface area contributed by atoms with Crippen LogP contribution < -0.4 is 15.5 Å². The first-order valence-corrected chi connectivity index (χ1v) is 9.41. The number of halogens is 1. The monoisotopic (exact) mass is 401 g/mol. The van der Waals surface area contributed by atoms with Crippen molar-refractivity contribution < 1.29 is 14.3 Å². The van der Waals surface area contributed by atoms with Crippen molar-refractivity contribution in [2.75, 3.05) is 6.61 Å². The van der Waals surface area contributed by atoms with Crippen LogP contribution in [0.1, 0.15) is 36.7 Å². The van der Waals surface area contributed by atoms with Crippen molar-refractivity contribution in [3.05, 3.63) is 64.7 Å². The van der Waals surface area contributed by atoms with Gasteiger partial charge in [0.2, 0.25) is 0 Å². The van der Waals surface area contributed by atoms with E-state index >= 15 is 0 Å². The van der Waals surface area contributed by atoms with Crippen molar-refractivity contribution in [1.82, 2.24) is 10.7 Å². The maximum atomic E-state index is 12.5. The highest BCUT2D eigenvalue weighted by Crippen LogP contribution is 2.21. The van der Waals surface area contributed by atoms with Crippen LogP contribution in [0.4, 0.5) is 0 Å². The highest BCUT2D eigenvalue weighted by atomic mass is 35.5. The van der Waals surface area contributed by atoms with E-state index in [2.05, 4.69) is 15.8 Å². The molecule has 0 radical (unpaired) electrons. The van der Waals surface area contributed by atoms with Crippen LogP contribution in [0.2, 0.25) is 5.02 Å². The molecular formula is C21H24ClN3O3. The smallest absolute Gasteiger partial charge is 0.262 e. The molecule has 2 amide bonds. The van der Waals surface area contributed by atoms with Gasteiger partial charge in [-0.1, -0.05) is 43.6 Å². The number of carbonyl (C=O) groups excluding carboxylic acids is 2. The summed E-state index contributed by atoms with van der Waals surface area (Å²) in [5.41, 5.74) is 3.61. The molecule has 28 heavy (non-hydrogen) atoms. The number of nitrogens with zero attached hydrogens (tertiary/aromatic N) is 1. The van der Waals surface area contributed by atoms with Crippen molar-refractivity contribution in [1.29, 1.82) is 0 Å². The Hall–Kier alpha value is -2.86. The zero-order chi connectivity index (χ0) is 20.5. The minimum Gasteiger partial charge on any atom is -0.493 e. The zero-order valence-electron chi connectivity index (χ0n) is 16.1. The molecule has 7 heteroatoms. The van der Waals surface area contributed by atoms with E-state index in [0.717, 1.165) is 0 Å². The first-order chi connectivity index (χ1) is 13.4. The molecule has 148 valence electrons. The summed E-state index contributed by atoms with van der Waals surface area (Å²) in [5.74, 6) is -0.224. The quantitative estimate of drug-likeness (QED) is 0.523. The Kier molecular flexibility index (Phi) is 8.02. The first-order valence-electron chi connectivity index (χ1n) is 9.03. The van der Waals surface area contributed by atoms with Gasteiger partial charge in [-0.3, -0.25) is 9.59 Å². The number of carbonyl (C=O) groups is 2. The van der Waals surface area contributed by atoms with Gasteiger partial charge in [-0.2, -0.15) is 5.10 Å². The minimum atomic E-state index is -0.726. The topological polar surface area (TPSA) is 79.8 Å². The van der Waals surface area contributed by atoms with E-state index in [1.165, 1.54) is 6.21 Å². The van der Waals surface area contributed by atoms with Gasteiger partial charge in [0.25, 0.3) is 11.8 Å². The third kappa shape index (κ3) is 6.09. The van der Waals surface area contributed by atoms with Crippen LogP contribution in [0, 0.1) is 5.92 Å². The summed E-state index contributed by atoms with van der Waals surface area (Å²) in [6, 6.07) is 13.2. The Morgan fingerprint density at radius 3 is 2.54 bits per heavy atom. The molecule has 0 bridgehead atoms. The van der Waals surface area contributed by atoms with Crippen LogP contribution in [0.3, 0.4) is 0 Å². The van der Waals surface area contributed by atoms with Crippen LogP contribution >= 0.6 is 11.6 Å². The lowest BCUT2D eigenvalue weighted by atomic mass is 10.0. The van der Waals surface area contributed by atoms with Crippen molar-refractivity contribution in [3.63, 3.8) is 0 Å². The fourth-order valence-electron chi connectivity index (χ4n) is 2.49. The molecule has 0 aromatic heterocycles. The van der Waals surface area contributed by atoms with Crippen molar-refractivity contribution in [3.8, 4) is 5.75 Å². The normalized spacial score (nSPS) is 12.0. The number of hydrazone groups is 1. The van der Waals surface area contributed by atoms with E-state index < -0.39 is 11.9 Å². The second-order valence-electron chi connectivity index (χ2n) is 6.41. The van der Waals surface area contributed by atoms with E-state index in [0.29, 0.717) is 28.5 Å². The molecule has 0 aliphatic heterocycles. The fourth-order valence-corrected chi connectivity index (χ4v) is 2.67. The molecular weight excluding hydrogens is 378 g/mol. The van der Waals surface area contributed by atoms with E-state index in [1.807, 2.05) is 26.8 Å². The molecule has 0 aliphatic rings. The Morgan fingerprint density at radius 2 is 1.89 bits per heavy atom. The predicted molar refractivity (Wildman–Crippen MR) is 111 cm³/mol. The standard InChI is InChI=1S/C21H24ClN3O3/c1-4-28-18-11-10-17(22)12-16(18)13-23-25-21(27)19(14(2)3)24-20(26)15-8-6-5-7-9-15/h5-14,19H,4H2,1-3H3,(H,24,26)(H,25,27)/b23-13+. The fraction of sp³-hybridized carbons (Fsp3) is 0.286. The van der Waals surface area contributed by atoms with Gasteiger partial charge in [0.1, 0.15) is 11.8 Å². The van der Waals surface area contributed by atoms with Crippen molar-refractivity contribution >= 4 is 29.6 Å². The Balaban J connectivity index is 2.06. The Labute approximate surface area is 169 Å². The molecule has 2 rings (SSSR count). The summed E-state index contributed by atoms with van der Waals surface area (Å²) in [5, 5.41) is 7.28. The molecule has 0 fully saturated rings. The molecule has 0 aliphatic carbocycles. The molecule has 1 unspecified atom stereocenters. The van der Waals surface area contributed by atoms with Gasteiger partial charge in [-0.15, -0.1) is 0 Å². The molecule has 0 spiro atoms. The molecule has 2 N–H and O–H groups in total. The third-order valence-electron chi connectivity index (χ3n) is 3.92. The highest BCUT2D eigenvalue weighted by molar-refractivity contribution is 6.30. The first kappa shape index (κ1) is 21.4. The van der Waals surface area contributed by atoms with Gasteiger partial charge in [-0.05, 0) is 43.2 Å². The number of benzene rings is 2. The Bertz CT molecular complexity index is 838. The van der Waals surface area contributed by atoms with Crippen LogP contribution in [0.5, 0.6) is 5.75 Å². The lowest BCUT2D eigenvalue weighted by Crippen LogP contribution is -2.48. The van der Waals surface area contributed by atoms with E-state index in [-0.39, 0.29) is 11.8 Å². The lowest BCUT2D eigenvalue weighted by Gasteiger charge is -2.20. The van der Waals surface area contributed by atoms with E-state index in [9.17, 15) is 9.59 Å². The second-order valence-corrected chi connectivity index (χ2v) is 6.85. The van der Waals surface area contributed by atoms with Gasteiger partial charge in [0.05, 0.1) is 12.8 Å². The number of rotatable bonds is 8. The summed E-state index contributed by atoms with van der Waals surface area (Å²) in [6.07, 6.45) is 1.46. The second kappa shape index (κ2) is 10.5. The number of hydrogen-bond acceptors (Lipinski definition) is 4. The van der Waals surface area contributed by atoms with Gasteiger partial charge >= 0.3 is 0 Å². The van der Waals surface area contributed by atoms with Crippen LogP contribution in [0.15, 0.2) is 53.6 Å². The SMILES string of the molecule is CCOc1ccc(Cl)cc1/C=N/NC(=O)C(NC(=O)c1ccccc1)C(C)C. The molecule has 0 saturated heterocycles. The summed E-state index contributed by atoms with van der Waals surface area (Å²) in [6.45, 7) is 6.07. The number of hydrogen-bond donors (Lipinski definition) is 2. The van der Waals surface area contributed by atoms with Gasteiger partial charge in [0, 0.05) is 16.1 Å². The maximum absolute atomic E-state index is 12.5. The number of ether oxygens (including phenoxy) is 1. The van der Waals surface area contributed by atoms with E-state index in [4.69, 9.17) is 16.3 Å². The Morgan fingerprint density at radius 1 is 1.18 bits per heavy atom. The van der Waals surface area contributed by atoms with E-state index in [1.54, 1.807) is 42.5 Å². The lowest BCUT2D eigenvalue weighted by molar-refractivity contribution is -0.123. The van der Waals surface area contributed by atoms with Crippen LogP contribution in [0.25, 0.3) is 0 Å². The van der Waals surface area contributed by atoms with Gasteiger partial charge in [0.15, 0.2) is 0 Å². The predicted octanol–water partition coefficient (Wildman–Crippen LogP) is 3.64. The van der Waals surface area contributed by atoms with Crippen LogP contribution in [-0.2, 0) is 4.79 Å². The summed E-state index contributed by atoms with van der Waals surface area (Å²) in [4.78, 5) is 24.9. The molecule has 6 nitrogen and oxygen atoms in total. The molecule has 1 atom stereocenters. The molecule has 2 aromatic rings. The average Bonchev–Trinajstić information content (AvgIpc) is 2.68. The van der Waals surface area contributed by atoms with Crippen molar-refractivity contribution in [2.45, 2.75) is 26.8 Å². The maximum Gasteiger partial charge on any atom is 0.262 e. The zero-order valence-corrected chi connectivity index (χ0v) is 16.9. The van der Waals surface area contributed by atoms with Crippen molar-refractivity contribution in [2.24, 2.45) is 11.0 Å². The summed E-state index contributed by atoms with van der Waals surface area (Å²) < 4.78 is 5.52. The number of nitrogens with one attached hydrogen (secondary N) is 2. The molecule has 2 aromatic carbocycles. The highest BCUT2D eigenvalue weighted by Gasteiger charge is 2.24.